The number of para-hydroxylation sites is 1. The molecule has 1 heterocycles. The van der Waals surface area contributed by atoms with E-state index in [9.17, 15) is 9.18 Å². The monoisotopic (exact) mass is 223 g/mol. The highest BCUT2D eigenvalue weighted by molar-refractivity contribution is 5.84. The van der Waals surface area contributed by atoms with Gasteiger partial charge in [0.2, 0.25) is 0 Å². The minimum absolute atomic E-state index is 0.112. The normalized spacial score (nSPS) is 20.1. The summed E-state index contributed by atoms with van der Waals surface area (Å²) in [6, 6.07) is 4.49. The highest BCUT2D eigenvalue weighted by Gasteiger charge is 2.25. The van der Waals surface area contributed by atoms with Gasteiger partial charge in [0.1, 0.15) is 5.82 Å². The van der Waals surface area contributed by atoms with E-state index in [-0.39, 0.29) is 18.3 Å². The van der Waals surface area contributed by atoms with Crippen molar-refractivity contribution in [2.24, 2.45) is 5.92 Å². The lowest BCUT2D eigenvalue weighted by atomic mass is 10.1. The Morgan fingerprint density at radius 2 is 2.38 bits per heavy atom. The number of aliphatic hydroxyl groups excluding tert-OH is 1. The molecule has 16 heavy (non-hydrogen) atoms. The summed E-state index contributed by atoms with van der Waals surface area (Å²) < 4.78 is 13.7. The first kappa shape index (κ1) is 11.1. The van der Waals surface area contributed by atoms with Crippen LogP contribution in [0, 0.1) is 11.7 Å². The van der Waals surface area contributed by atoms with Gasteiger partial charge in [0.25, 0.3) is 0 Å². The van der Waals surface area contributed by atoms with Gasteiger partial charge in [-0.1, -0.05) is 6.07 Å². The molecule has 4 heteroatoms. The standard InChI is InChI=1S/C12H14FNO2/c13-11-3-1-2-10(8-16)12(11)14-5-4-9(6-14)7-15/h1-3,8-9,15H,4-7H2. The second-order valence-corrected chi connectivity index (χ2v) is 4.08. The summed E-state index contributed by atoms with van der Waals surface area (Å²) >= 11 is 0. The van der Waals surface area contributed by atoms with Crippen molar-refractivity contribution in [3.63, 3.8) is 0 Å². The van der Waals surface area contributed by atoms with Gasteiger partial charge in [0.15, 0.2) is 6.29 Å². The average molecular weight is 223 g/mol. The van der Waals surface area contributed by atoms with Crippen molar-refractivity contribution in [1.29, 1.82) is 0 Å². The summed E-state index contributed by atoms with van der Waals surface area (Å²) in [6.07, 6.45) is 1.51. The third kappa shape index (κ3) is 1.93. The number of aliphatic hydroxyl groups is 1. The maximum Gasteiger partial charge on any atom is 0.152 e. The molecule has 0 aliphatic carbocycles. The molecule has 0 aromatic heterocycles. The topological polar surface area (TPSA) is 40.5 Å². The van der Waals surface area contributed by atoms with Crippen molar-refractivity contribution in [3.8, 4) is 0 Å². The second-order valence-electron chi connectivity index (χ2n) is 4.08. The highest BCUT2D eigenvalue weighted by atomic mass is 19.1. The molecular weight excluding hydrogens is 209 g/mol. The number of benzene rings is 1. The molecule has 2 rings (SSSR count). The summed E-state index contributed by atoms with van der Waals surface area (Å²) in [5, 5.41) is 9.04. The molecule has 0 spiro atoms. The minimum Gasteiger partial charge on any atom is -0.396 e. The second kappa shape index (κ2) is 4.61. The average Bonchev–Trinajstić information content (AvgIpc) is 2.76. The van der Waals surface area contributed by atoms with Gasteiger partial charge in [0, 0.05) is 31.2 Å². The number of anilines is 1. The van der Waals surface area contributed by atoms with Crippen molar-refractivity contribution in [1.82, 2.24) is 0 Å². The Kier molecular flexibility index (Phi) is 3.19. The van der Waals surface area contributed by atoms with Crippen molar-refractivity contribution < 1.29 is 14.3 Å². The molecule has 1 unspecified atom stereocenters. The SMILES string of the molecule is O=Cc1cccc(F)c1N1CCC(CO)C1. The van der Waals surface area contributed by atoms with Crippen LogP contribution in [0.5, 0.6) is 0 Å². The summed E-state index contributed by atoms with van der Waals surface area (Å²) in [4.78, 5) is 12.7. The van der Waals surface area contributed by atoms with Gasteiger partial charge in [0.05, 0.1) is 5.69 Å². The maximum atomic E-state index is 13.7. The molecule has 1 atom stereocenters. The fourth-order valence-electron chi connectivity index (χ4n) is 2.15. The van der Waals surface area contributed by atoms with Crippen molar-refractivity contribution in [3.05, 3.63) is 29.6 Å². The Bertz CT molecular complexity index is 395. The van der Waals surface area contributed by atoms with E-state index in [0.717, 1.165) is 6.42 Å². The summed E-state index contributed by atoms with van der Waals surface area (Å²) in [6.45, 7) is 1.41. The van der Waals surface area contributed by atoms with Crippen LogP contribution in [0.25, 0.3) is 0 Å². The summed E-state index contributed by atoms with van der Waals surface area (Å²) in [7, 11) is 0. The molecule has 1 aliphatic rings. The van der Waals surface area contributed by atoms with Crippen LogP contribution in [0.3, 0.4) is 0 Å². The van der Waals surface area contributed by atoms with Crippen molar-refractivity contribution in [2.75, 3.05) is 24.6 Å². The molecule has 1 saturated heterocycles. The first-order valence-corrected chi connectivity index (χ1v) is 5.35. The number of halogens is 1. The van der Waals surface area contributed by atoms with E-state index in [2.05, 4.69) is 0 Å². The molecule has 86 valence electrons. The lowest BCUT2D eigenvalue weighted by molar-refractivity contribution is 0.112. The van der Waals surface area contributed by atoms with Crippen LogP contribution in [0.1, 0.15) is 16.8 Å². The molecule has 0 amide bonds. The van der Waals surface area contributed by atoms with Gasteiger partial charge in [-0.25, -0.2) is 4.39 Å². The van der Waals surface area contributed by atoms with E-state index in [1.54, 1.807) is 6.07 Å². The van der Waals surface area contributed by atoms with Crippen LogP contribution in [0.15, 0.2) is 18.2 Å². The summed E-state index contributed by atoms with van der Waals surface area (Å²) in [5.74, 6) is -0.192. The first-order valence-electron chi connectivity index (χ1n) is 5.35. The van der Waals surface area contributed by atoms with Crippen LogP contribution in [0.4, 0.5) is 10.1 Å². The van der Waals surface area contributed by atoms with E-state index in [1.807, 2.05) is 4.90 Å². The molecule has 1 fully saturated rings. The Hall–Kier alpha value is -1.42. The van der Waals surface area contributed by atoms with Crippen LogP contribution < -0.4 is 4.90 Å². The molecule has 1 aromatic rings. The predicted octanol–water partition coefficient (Wildman–Crippen LogP) is 1.46. The maximum absolute atomic E-state index is 13.7. The zero-order valence-corrected chi connectivity index (χ0v) is 8.90. The number of nitrogens with zero attached hydrogens (tertiary/aromatic N) is 1. The van der Waals surface area contributed by atoms with Crippen molar-refractivity contribution in [2.45, 2.75) is 6.42 Å². The van der Waals surface area contributed by atoms with E-state index in [4.69, 9.17) is 5.11 Å². The fraction of sp³-hybridized carbons (Fsp3) is 0.417. The van der Waals surface area contributed by atoms with Gasteiger partial charge in [-0.2, -0.15) is 0 Å². The predicted molar refractivity (Wildman–Crippen MR) is 59.2 cm³/mol. The Morgan fingerprint density at radius 3 is 3.00 bits per heavy atom. The Balaban J connectivity index is 2.30. The zero-order valence-electron chi connectivity index (χ0n) is 8.90. The fourth-order valence-corrected chi connectivity index (χ4v) is 2.15. The quantitative estimate of drug-likeness (QED) is 0.789. The molecular formula is C12H14FNO2. The molecule has 1 N–H and O–H groups in total. The lowest BCUT2D eigenvalue weighted by Gasteiger charge is -2.20. The minimum atomic E-state index is -0.372. The molecule has 1 aliphatic heterocycles. The number of rotatable bonds is 3. The molecule has 0 saturated carbocycles. The molecule has 0 bridgehead atoms. The highest BCUT2D eigenvalue weighted by Crippen LogP contribution is 2.28. The van der Waals surface area contributed by atoms with Crippen molar-refractivity contribution >= 4 is 12.0 Å². The zero-order chi connectivity index (χ0) is 11.5. The molecule has 3 nitrogen and oxygen atoms in total. The van der Waals surface area contributed by atoms with E-state index >= 15 is 0 Å². The number of aldehydes is 1. The van der Waals surface area contributed by atoms with Crippen LogP contribution in [0.2, 0.25) is 0 Å². The third-order valence-corrected chi connectivity index (χ3v) is 3.01. The third-order valence-electron chi connectivity index (χ3n) is 3.01. The van der Waals surface area contributed by atoms with E-state index in [0.29, 0.717) is 30.6 Å². The number of carbonyl (C=O) groups is 1. The van der Waals surface area contributed by atoms with Gasteiger partial charge in [-0.3, -0.25) is 4.79 Å². The Labute approximate surface area is 93.5 Å². The van der Waals surface area contributed by atoms with Gasteiger partial charge >= 0.3 is 0 Å². The van der Waals surface area contributed by atoms with Crippen LogP contribution in [-0.2, 0) is 0 Å². The number of hydrogen-bond donors (Lipinski definition) is 1. The lowest BCUT2D eigenvalue weighted by Crippen LogP contribution is -2.23. The van der Waals surface area contributed by atoms with E-state index in [1.165, 1.54) is 12.1 Å². The van der Waals surface area contributed by atoms with Crippen LogP contribution >= 0.6 is 0 Å². The smallest absolute Gasteiger partial charge is 0.152 e. The summed E-state index contributed by atoms with van der Waals surface area (Å²) in [5.41, 5.74) is 0.743. The molecule has 1 aromatic carbocycles. The van der Waals surface area contributed by atoms with Gasteiger partial charge < -0.3 is 10.0 Å². The van der Waals surface area contributed by atoms with Crippen LogP contribution in [-0.4, -0.2) is 31.1 Å². The first-order chi connectivity index (χ1) is 7.76. The largest absolute Gasteiger partial charge is 0.396 e. The van der Waals surface area contributed by atoms with Gasteiger partial charge in [-0.15, -0.1) is 0 Å². The van der Waals surface area contributed by atoms with Gasteiger partial charge in [-0.05, 0) is 18.6 Å². The molecule has 0 radical (unpaired) electrons. The Morgan fingerprint density at radius 1 is 1.56 bits per heavy atom. The number of carbonyl (C=O) groups excluding carboxylic acids is 1. The van der Waals surface area contributed by atoms with E-state index < -0.39 is 0 Å². The number of hydrogen-bond acceptors (Lipinski definition) is 3.